The van der Waals surface area contributed by atoms with Crippen LogP contribution in [-0.4, -0.2) is 70.0 Å². The van der Waals surface area contributed by atoms with Crippen molar-refractivity contribution in [2.75, 3.05) is 38.1 Å². The zero-order valence-corrected chi connectivity index (χ0v) is 20.5. The molecule has 0 spiro atoms. The predicted octanol–water partition coefficient (Wildman–Crippen LogP) is 2.28. The van der Waals surface area contributed by atoms with Gasteiger partial charge in [0.15, 0.2) is 0 Å². The Morgan fingerprint density at radius 1 is 1.03 bits per heavy atom. The van der Waals surface area contributed by atoms with Gasteiger partial charge in [0.25, 0.3) is 0 Å². The third-order valence-electron chi connectivity index (χ3n) is 6.67. The molecule has 4 rings (SSSR count). The zero-order chi connectivity index (χ0) is 25.5. The third-order valence-corrected chi connectivity index (χ3v) is 6.67. The van der Waals surface area contributed by atoms with E-state index in [0.717, 1.165) is 31.4 Å². The number of hydrogen-bond donors (Lipinski definition) is 4. The molecule has 4 N–H and O–H groups in total. The molecule has 1 saturated heterocycles. The first kappa shape index (κ1) is 25.5. The fraction of sp³-hybridized carbons (Fsp3) is 0.423. The van der Waals surface area contributed by atoms with Crippen LogP contribution in [0.3, 0.4) is 0 Å². The molecule has 1 aliphatic rings. The van der Waals surface area contributed by atoms with E-state index < -0.39 is 6.03 Å². The highest BCUT2D eigenvalue weighted by molar-refractivity contribution is 5.90. The Morgan fingerprint density at radius 2 is 1.69 bits per heavy atom. The minimum Gasteiger partial charge on any atom is -0.394 e. The number of likely N-dealkylation sites (tertiary alicyclic amines) is 1. The first-order valence-electron chi connectivity index (χ1n) is 12.4. The maximum atomic E-state index is 12.9. The molecule has 0 radical (unpaired) electrons. The molecule has 1 unspecified atom stereocenters. The van der Waals surface area contributed by atoms with E-state index in [1.54, 1.807) is 22.8 Å². The number of nitrogens with zero attached hydrogens (tertiary/aromatic N) is 3. The number of para-hydroxylation sites is 3. The third kappa shape index (κ3) is 5.95. The van der Waals surface area contributed by atoms with Crippen LogP contribution >= 0.6 is 0 Å². The summed E-state index contributed by atoms with van der Waals surface area (Å²) in [4.78, 5) is 40.1. The Bertz CT molecular complexity index is 1230. The number of aryl methyl sites for hydroxylation is 1. The van der Waals surface area contributed by atoms with Crippen LogP contribution in [0.2, 0.25) is 0 Å². The Labute approximate surface area is 209 Å². The molecule has 2 aromatic carbocycles. The number of imidazole rings is 1. The number of aromatic nitrogens is 2. The van der Waals surface area contributed by atoms with Crippen molar-refractivity contribution in [1.82, 2.24) is 24.7 Å². The molecule has 1 aliphatic heterocycles. The molecule has 2 heterocycles. The number of anilines is 1. The first-order chi connectivity index (χ1) is 17.5. The topological polar surface area (TPSA) is 121 Å². The molecule has 0 bridgehead atoms. The summed E-state index contributed by atoms with van der Waals surface area (Å²) >= 11 is 0. The summed E-state index contributed by atoms with van der Waals surface area (Å²) in [6.45, 7) is 4.86. The molecule has 0 saturated carbocycles. The normalized spacial score (nSPS) is 15.5. The molecule has 10 heteroatoms. The van der Waals surface area contributed by atoms with Gasteiger partial charge in [-0.15, -0.1) is 0 Å². The SMILES string of the molecule is CCn1c(=O)n(C(=O)NCC2CCN(CC(CO)NC(=O)Nc3ccccc3)CC2)c2ccccc21. The molecule has 1 fully saturated rings. The number of piperidine rings is 1. The van der Waals surface area contributed by atoms with Gasteiger partial charge in [0, 0.05) is 25.3 Å². The second-order valence-corrected chi connectivity index (χ2v) is 9.12. The van der Waals surface area contributed by atoms with Crippen LogP contribution in [0.25, 0.3) is 11.0 Å². The largest absolute Gasteiger partial charge is 0.394 e. The number of carbonyl (C=O) groups excluding carboxylic acids is 2. The molecule has 192 valence electrons. The molecule has 36 heavy (non-hydrogen) atoms. The van der Waals surface area contributed by atoms with Crippen molar-refractivity contribution in [2.45, 2.75) is 32.4 Å². The standard InChI is InChI=1S/C26H34N6O4/c1-2-31-22-10-6-7-11-23(22)32(26(31)36)25(35)27-16-19-12-14-30(15-13-19)17-21(18-33)29-24(34)28-20-8-4-3-5-9-20/h3-11,19,21,33H,2,12-18H2,1H3,(H,27,35)(H2,28,29,34). The fourth-order valence-electron chi connectivity index (χ4n) is 4.73. The van der Waals surface area contributed by atoms with Crippen LogP contribution in [0.15, 0.2) is 59.4 Å². The average molecular weight is 495 g/mol. The second-order valence-electron chi connectivity index (χ2n) is 9.12. The average Bonchev–Trinajstić information content (AvgIpc) is 3.19. The lowest BCUT2D eigenvalue weighted by Crippen LogP contribution is -2.49. The van der Waals surface area contributed by atoms with Crippen LogP contribution in [0.4, 0.5) is 15.3 Å². The minimum absolute atomic E-state index is 0.154. The first-order valence-corrected chi connectivity index (χ1v) is 12.4. The van der Waals surface area contributed by atoms with Gasteiger partial charge in [-0.25, -0.2) is 19.0 Å². The zero-order valence-electron chi connectivity index (χ0n) is 20.5. The molecule has 1 aromatic heterocycles. The number of nitrogens with one attached hydrogen (secondary N) is 3. The fourth-order valence-corrected chi connectivity index (χ4v) is 4.73. The van der Waals surface area contributed by atoms with Crippen molar-refractivity contribution in [2.24, 2.45) is 5.92 Å². The van der Waals surface area contributed by atoms with Crippen LogP contribution in [-0.2, 0) is 6.54 Å². The Kier molecular flexibility index (Phi) is 8.40. The lowest BCUT2D eigenvalue weighted by molar-refractivity contribution is 0.143. The number of rotatable bonds is 8. The molecular weight excluding hydrogens is 460 g/mol. The number of carbonyl (C=O) groups is 2. The molecule has 1 atom stereocenters. The van der Waals surface area contributed by atoms with Gasteiger partial charge in [-0.2, -0.15) is 0 Å². The van der Waals surface area contributed by atoms with Crippen molar-refractivity contribution in [3.63, 3.8) is 0 Å². The van der Waals surface area contributed by atoms with Crippen LogP contribution in [0.5, 0.6) is 0 Å². The minimum atomic E-state index is -0.403. The van der Waals surface area contributed by atoms with Gasteiger partial charge < -0.3 is 26.0 Å². The summed E-state index contributed by atoms with van der Waals surface area (Å²) in [6.07, 6.45) is 1.75. The Morgan fingerprint density at radius 3 is 2.36 bits per heavy atom. The lowest BCUT2D eigenvalue weighted by atomic mass is 9.96. The summed E-state index contributed by atoms with van der Waals surface area (Å²) in [6, 6.07) is 15.3. The number of aliphatic hydroxyl groups excluding tert-OH is 1. The summed E-state index contributed by atoms with van der Waals surface area (Å²) in [7, 11) is 0. The highest BCUT2D eigenvalue weighted by Gasteiger charge is 2.24. The smallest absolute Gasteiger partial charge is 0.337 e. The van der Waals surface area contributed by atoms with E-state index in [9.17, 15) is 19.5 Å². The Balaban J connectivity index is 1.24. The number of fused-ring (bicyclic) bond motifs is 1. The van der Waals surface area contributed by atoms with E-state index in [1.807, 2.05) is 43.3 Å². The van der Waals surface area contributed by atoms with Gasteiger partial charge in [-0.05, 0) is 63.0 Å². The van der Waals surface area contributed by atoms with E-state index >= 15 is 0 Å². The van der Waals surface area contributed by atoms with Gasteiger partial charge in [0.1, 0.15) is 0 Å². The van der Waals surface area contributed by atoms with Gasteiger partial charge in [-0.1, -0.05) is 30.3 Å². The van der Waals surface area contributed by atoms with Gasteiger partial charge in [-0.3, -0.25) is 4.57 Å². The summed E-state index contributed by atoms with van der Waals surface area (Å²) in [5.41, 5.74) is 1.72. The number of urea groups is 1. The highest BCUT2D eigenvalue weighted by Crippen LogP contribution is 2.17. The van der Waals surface area contributed by atoms with Crippen molar-refractivity contribution >= 4 is 28.8 Å². The molecule has 10 nitrogen and oxygen atoms in total. The molecule has 3 aromatic rings. The number of benzene rings is 2. The number of amides is 3. The highest BCUT2D eigenvalue weighted by atomic mass is 16.3. The van der Waals surface area contributed by atoms with Crippen LogP contribution < -0.4 is 21.6 Å². The maximum Gasteiger partial charge on any atom is 0.337 e. The van der Waals surface area contributed by atoms with Crippen LogP contribution in [0, 0.1) is 5.92 Å². The quantitative estimate of drug-likeness (QED) is 0.383. The maximum absolute atomic E-state index is 12.9. The van der Waals surface area contributed by atoms with E-state index in [4.69, 9.17) is 0 Å². The van der Waals surface area contributed by atoms with E-state index in [1.165, 1.54) is 4.57 Å². The summed E-state index contributed by atoms with van der Waals surface area (Å²) in [5.74, 6) is 0.294. The van der Waals surface area contributed by atoms with Gasteiger partial charge >= 0.3 is 17.8 Å². The van der Waals surface area contributed by atoms with Crippen molar-refractivity contribution in [3.8, 4) is 0 Å². The number of hydrogen-bond acceptors (Lipinski definition) is 5. The van der Waals surface area contributed by atoms with E-state index in [-0.39, 0.29) is 24.4 Å². The number of aliphatic hydroxyl groups is 1. The summed E-state index contributed by atoms with van der Waals surface area (Å²) in [5, 5.41) is 18.3. The summed E-state index contributed by atoms with van der Waals surface area (Å²) < 4.78 is 2.81. The van der Waals surface area contributed by atoms with E-state index in [2.05, 4.69) is 20.9 Å². The second kappa shape index (κ2) is 11.9. The van der Waals surface area contributed by atoms with Crippen molar-refractivity contribution in [3.05, 3.63) is 65.1 Å². The van der Waals surface area contributed by atoms with Gasteiger partial charge in [0.05, 0.1) is 23.7 Å². The van der Waals surface area contributed by atoms with Crippen molar-refractivity contribution < 1.29 is 14.7 Å². The Hall–Kier alpha value is -3.63. The van der Waals surface area contributed by atoms with Crippen molar-refractivity contribution in [1.29, 1.82) is 0 Å². The molecule has 3 amide bonds. The van der Waals surface area contributed by atoms with Gasteiger partial charge in [0.2, 0.25) is 0 Å². The lowest BCUT2D eigenvalue weighted by Gasteiger charge is -2.34. The molecule has 0 aliphatic carbocycles. The van der Waals surface area contributed by atoms with Crippen LogP contribution in [0.1, 0.15) is 19.8 Å². The molecular formula is C26H34N6O4. The predicted molar refractivity (Wildman–Crippen MR) is 139 cm³/mol. The van der Waals surface area contributed by atoms with E-state index in [0.29, 0.717) is 36.8 Å². The monoisotopic (exact) mass is 494 g/mol.